The van der Waals surface area contributed by atoms with E-state index in [0.717, 1.165) is 5.56 Å². The van der Waals surface area contributed by atoms with Crippen LogP contribution in [0.25, 0.3) is 0 Å². The molecule has 2 N–H and O–H groups in total. The maximum Gasteiger partial charge on any atom is 0.251 e. The number of halogens is 1. The van der Waals surface area contributed by atoms with Crippen LogP contribution in [0.1, 0.15) is 21.5 Å². The first-order chi connectivity index (χ1) is 13.5. The average Bonchev–Trinajstić information content (AvgIpc) is 2.72. The molecule has 8 heteroatoms. The summed E-state index contributed by atoms with van der Waals surface area (Å²) < 4.78 is 41.0. The molecule has 0 saturated carbocycles. The minimum atomic E-state index is -3.90. The summed E-state index contributed by atoms with van der Waals surface area (Å²) in [5, 5.41) is 2.73. The summed E-state index contributed by atoms with van der Waals surface area (Å²) in [5.41, 5.74) is 1.32. The van der Waals surface area contributed by atoms with Gasteiger partial charge >= 0.3 is 0 Å². The lowest BCUT2D eigenvalue weighted by Crippen LogP contribution is -2.25. The predicted molar refractivity (Wildman–Crippen MR) is 102 cm³/mol. The Morgan fingerprint density at radius 2 is 1.71 bits per heavy atom. The Balaban J connectivity index is 1.69. The molecule has 1 heterocycles. The Morgan fingerprint density at radius 3 is 2.46 bits per heavy atom. The van der Waals surface area contributed by atoms with Crippen molar-refractivity contribution in [1.29, 1.82) is 0 Å². The Kier molecular flexibility index (Phi) is 6.13. The summed E-state index contributed by atoms with van der Waals surface area (Å²) in [6, 6.07) is 15.1. The van der Waals surface area contributed by atoms with Crippen molar-refractivity contribution in [2.24, 2.45) is 0 Å². The number of hydrogen-bond acceptors (Lipinski definition) is 4. The van der Waals surface area contributed by atoms with Crippen molar-refractivity contribution in [2.45, 2.75) is 18.0 Å². The summed E-state index contributed by atoms with van der Waals surface area (Å²) in [6.07, 6.45) is 3.24. The highest BCUT2D eigenvalue weighted by atomic mass is 32.2. The number of pyridine rings is 1. The smallest absolute Gasteiger partial charge is 0.251 e. The molecule has 0 radical (unpaired) electrons. The molecule has 1 aromatic heterocycles. The van der Waals surface area contributed by atoms with Crippen LogP contribution >= 0.6 is 0 Å². The molecule has 2 aromatic carbocycles. The number of carbonyl (C=O) groups excluding carboxylic acids is 1. The normalized spacial score (nSPS) is 11.2. The number of hydrogen-bond donors (Lipinski definition) is 2. The number of nitrogens with one attached hydrogen (secondary N) is 2. The molecule has 6 nitrogen and oxygen atoms in total. The van der Waals surface area contributed by atoms with Crippen LogP contribution in [0, 0.1) is 5.82 Å². The third-order valence-electron chi connectivity index (χ3n) is 4.02. The maximum atomic E-state index is 13.7. The van der Waals surface area contributed by atoms with Crippen LogP contribution in [0.4, 0.5) is 4.39 Å². The van der Waals surface area contributed by atoms with Crippen LogP contribution in [0.2, 0.25) is 0 Å². The van der Waals surface area contributed by atoms with Crippen molar-refractivity contribution in [2.75, 3.05) is 0 Å². The van der Waals surface area contributed by atoms with Gasteiger partial charge in [-0.3, -0.25) is 9.78 Å². The molecule has 144 valence electrons. The summed E-state index contributed by atoms with van der Waals surface area (Å²) in [4.78, 5) is 16.2. The Labute approximate surface area is 162 Å². The second-order valence-corrected chi connectivity index (χ2v) is 7.75. The first-order valence-corrected chi connectivity index (χ1v) is 9.94. The van der Waals surface area contributed by atoms with E-state index >= 15 is 0 Å². The largest absolute Gasteiger partial charge is 0.348 e. The first kappa shape index (κ1) is 19.7. The second kappa shape index (κ2) is 8.73. The van der Waals surface area contributed by atoms with Crippen LogP contribution in [0.5, 0.6) is 0 Å². The predicted octanol–water partition coefficient (Wildman–Crippen LogP) is 2.63. The molecule has 28 heavy (non-hydrogen) atoms. The maximum absolute atomic E-state index is 13.7. The van der Waals surface area contributed by atoms with Crippen molar-refractivity contribution in [3.63, 3.8) is 0 Å². The second-order valence-electron chi connectivity index (χ2n) is 5.98. The molecule has 3 rings (SSSR count). The van der Waals surface area contributed by atoms with Gasteiger partial charge in [-0.15, -0.1) is 0 Å². The average molecular weight is 399 g/mol. The van der Waals surface area contributed by atoms with Gasteiger partial charge in [0, 0.05) is 36.6 Å². The summed E-state index contributed by atoms with van der Waals surface area (Å²) in [5.74, 6) is -0.891. The molecule has 0 fully saturated rings. The van der Waals surface area contributed by atoms with Gasteiger partial charge in [-0.05, 0) is 42.0 Å². The summed E-state index contributed by atoms with van der Waals surface area (Å²) >= 11 is 0. The van der Waals surface area contributed by atoms with Gasteiger partial charge in [0.15, 0.2) is 0 Å². The van der Waals surface area contributed by atoms with E-state index in [4.69, 9.17) is 0 Å². The summed E-state index contributed by atoms with van der Waals surface area (Å²) in [6.45, 7) is 0.108. The minimum Gasteiger partial charge on any atom is -0.348 e. The van der Waals surface area contributed by atoms with Crippen LogP contribution < -0.4 is 10.0 Å². The molecular formula is C20H18FN3O3S. The molecular weight excluding hydrogens is 381 g/mol. The van der Waals surface area contributed by atoms with E-state index in [-0.39, 0.29) is 22.6 Å². The molecule has 3 aromatic rings. The molecule has 0 bridgehead atoms. The van der Waals surface area contributed by atoms with Gasteiger partial charge in [0.05, 0.1) is 4.90 Å². The first-order valence-electron chi connectivity index (χ1n) is 8.46. The molecule has 1 amide bonds. The lowest BCUT2D eigenvalue weighted by atomic mass is 10.2. The molecule has 0 unspecified atom stereocenters. The van der Waals surface area contributed by atoms with Crippen LogP contribution in [-0.4, -0.2) is 19.3 Å². The number of sulfonamides is 1. The van der Waals surface area contributed by atoms with Crippen molar-refractivity contribution < 1.29 is 17.6 Å². The topological polar surface area (TPSA) is 88.2 Å². The highest BCUT2D eigenvalue weighted by Gasteiger charge is 2.17. The number of carbonyl (C=O) groups is 1. The molecule has 0 spiro atoms. The standard InChI is InChI=1S/C20H18FN3O3S/c21-19-7-2-1-4-17(19)14-24-28(26,27)18-6-3-5-16(12-18)20(25)23-13-15-8-10-22-11-9-15/h1-12,24H,13-14H2,(H,23,25). The number of benzene rings is 2. The van der Waals surface area contributed by atoms with E-state index in [1.807, 2.05) is 0 Å². The van der Waals surface area contributed by atoms with Gasteiger partial charge in [0.25, 0.3) is 5.91 Å². The van der Waals surface area contributed by atoms with Crippen LogP contribution in [0.15, 0.2) is 78.0 Å². The van der Waals surface area contributed by atoms with Crippen molar-refractivity contribution in [3.05, 3.63) is 95.6 Å². The molecule has 0 saturated heterocycles. The lowest BCUT2D eigenvalue weighted by Gasteiger charge is -2.10. The third kappa shape index (κ3) is 4.99. The van der Waals surface area contributed by atoms with Gasteiger partial charge in [0.2, 0.25) is 10.0 Å². The van der Waals surface area contributed by atoms with E-state index in [1.165, 1.54) is 42.5 Å². The third-order valence-corrected chi connectivity index (χ3v) is 5.42. The van der Waals surface area contributed by atoms with Crippen LogP contribution in [0.3, 0.4) is 0 Å². The Morgan fingerprint density at radius 1 is 0.964 bits per heavy atom. The molecule has 0 atom stereocenters. The number of rotatable bonds is 7. The minimum absolute atomic E-state index is 0.0691. The molecule has 0 aliphatic carbocycles. The van der Waals surface area contributed by atoms with E-state index in [1.54, 1.807) is 30.6 Å². The summed E-state index contributed by atoms with van der Waals surface area (Å²) in [7, 11) is -3.90. The van der Waals surface area contributed by atoms with Gasteiger partial charge in [-0.25, -0.2) is 17.5 Å². The zero-order valence-electron chi connectivity index (χ0n) is 14.8. The van der Waals surface area contributed by atoms with Gasteiger partial charge < -0.3 is 5.32 Å². The fourth-order valence-electron chi connectivity index (χ4n) is 2.49. The fraction of sp³-hybridized carbons (Fsp3) is 0.100. The van der Waals surface area contributed by atoms with Crippen molar-refractivity contribution in [3.8, 4) is 0 Å². The quantitative estimate of drug-likeness (QED) is 0.639. The zero-order valence-corrected chi connectivity index (χ0v) is 15.6. The van der Waals surface area contributed by atoms with E-state index in [2.05, 4.69) is 15.0 Å². The van der Waals surface area contributed by atoms with Crippen LogP contribution in [-0.2, 0) is 23.1 Å². The lowest BCUT2D eigenvalue weighted by molar-refractivity contribution is 0.0950. The van der Waals surface area contributed by atoms with Gasteiger partial charge in [-0.1, -0.05) is 24.3 Å². The van der Waals surface area contributed by atoms with Crippen molar-refractivity contribution in [1.82, 2.24) is 15.0 Å². The Bertz CT molecular complexity index is 1070. The number of nitrogens with zero attached hydrogens (tertiary/aromatic N) is 1. The number of amides is 1. The van der Waals surface area contributed by atoms with Gasteiger partial charge in [-0.2, -0.15) is 0 Å². The SMILES string of the molecule is O=C(NCc1ccncc1)c1cccc(S(=O)(=O)NCc2ccccc2F)c1. The molecule has 0 aliphatic rings. The fourth-order valence-corrected chi connectivity index (χ4v) is 3.54. The van der Waals surface area contributed by atoms with Gasteiger partial charge in [0.1, 0.15) is 5.82 Å². The van der Waals surface area contributed by atoms with Crippen molar-refractivity contribution >= 4 is 15.9 Å². The zero-order chi connectivity index (χ0) is 20.0. The van der Waals surface area contributed by atoms with E-state index in [0.29, 0.717) is 6.54 Å². The van der Waals surface area contributed by atoms with E-state index < -0.39 is 21.7 Å². The highest BCUT2D eigenvalue weighted by molar-refractivity contribution is 7.89. The van der Waals surface area contributed by atoms with E-state index in [9.17, 15) is 17.6 Å². The molecule has 0 aliphatic heterocycles. The number of aromatic nitrogens is 1. The highest BCUT2D eigenvalue weighted by Crippen LogP contribution is 2.13. The Hall–Kier alpha value is -3.10. The monoisotopic (exact) mass is 399 g/mol.